The number of aliphatic hydroxyl groups is 1. The van der Waals surface area contributed by atoms with E-state index in [1.165, 1.54) is 6.07 Å². The number of rotatable bonds is 6. The molecule has 1 aliphatic heterocycles. The molecular formula is C21H26BrCl2F3N2O2. The molecule has 0 fully saturated rings. The second-order valence-electron chi connectivity index (χ2n) is 7.60. The molecule has 1 heterocycles. The highest BCUT2D eigenvalue weighted by Gasteiger charge is 2.56. The Morgan fingerprint density at radius 3 is 2.48 bits per heavy atom. The molecule has 0 spiro atoms. The van der Waals surface area contributed by atoms with Gasteiger partial charge in [-0.2, -0.15) is 13.2 Å². The Kier molecular flexibility index (Phi) is 10.1. The van der Waals surface area contributed by atoms with Crippen LogP contribution in [0.25, 0.3) is 0 Å². The van der Waals surface area contributed by atoms with Crippen molar-refractivity contribution in [1.82, 2.24) is 5.32 Å². The highest BCUT2D eigenvalue weighted by atomic mass is 79.9. The van der Waals surface area contributed by atoms with E-state index in [0.717, 1.165) is 17.0 Å². The maximum atomic E-state index is 13.6. The molecule has 0 amide bonds. The van der Waals surface area contributed by atoms with Gasteiger partial charge in [0.2, 0.25) is 5.60 Å². The van der Waals surface area contributed by atoms with Gasteiger partial charge in [0.25, 0.3) is 0 Å². The van der Waals surface area contributed by atoms with E-state index in [2.05, 4.69) is 21.2 Å². The van der Waals surface area contributed by atoms with E-state index in [4.69, 9.17) is 10.5 Å². The molecule has 2 aromatic rings. The summed E-state index contributed by atoms with van der Waals surface area (Å²) in [6, 6.07) is 13.2. The van der Waals surface area contributed by atoms with Crippen molar-refractivity contribution < 1.29 is 23.0 Å². The molecule has 174 valence electrons. The molecule has 0 radical (unpaired) electrons. The Morgan fingerprint density at radius 2 is 1.87 bits per heavy atom. The Labute approximate surface area is 200 Å². The molecule has 0 aliphatic carbocycles. The number of hydrogen-bond acceptors (Lipinski definition) is 4. The van der Waals surface area contributed by atoms with Crippen molar-refractivity contribution in [3.63, 3.8) is 0 Å². The van der Waals surface area contributed by atoms with Gasteiger partial charge in [0.1, 0.15) is 5.75 Å². The lowest BCUT2D eigenvalue weighted by Gasteiger charge is -2.41. The van der Waals surface area contributed by atoms with Gasteiger partial charge in [-0.25, -0.2) is 0 Å². The first-order valence-corrected chi connectivity index (χ1v) is 10.1. The fraction of sp³-hybridized carbons (Fsp3) is 0.429. The zero-order valence-electron chi connectivity index (χ0n) is 16.7. The van der Waals surface area contributed by atoms with Gasteiger partial charge in [0, 0.05) is 35.1 Å². The Hall–Kier alpha value is -1.03. The smallest absolute Gasteiger partial charge is 0.428 e. The largest absolute Gasteiger partial charge is 0.478 e. The fourth-order valence-corrected chi connectivity index (χ4v) is 3.84. The number of ether oxygens (including phenoxy) is 1. The van der Waals surface area contributed by atoms with Crippen LogP contribution in [0.1, 0.15) is 30.5 Å². The maximum absolute atomic E-state index is 13.6. The van der Waals surface area contributed by atoms with Crippen molar-refractivity contribution >= 4 is 40.7 Å². The summed E-state index contributed by atoms with van der Waals surface area (Å²) in [5.74, 6) is 0.180. The van der Waals surface area contributed by atoms with Crippen LogP contribution in [0.4, 0.5) is 13.2 Å². The number of benzene rings is 2. The van der Waals surface area contributed by atoms with E-state index in [1.807, 2.05) is 30.3 Å². The molecule has 3 rings (SSSR count). The second kappa shape index (κ2) is 11.2. The van der Waals surface area contributed by atoms with E-state index in [-0.39, 0.29) is 43.5 Å². The molecule has 10 heteroatoms. The lowest BCUT2D eigenvalue weighted by molar-refractivity contribution is -0.249. The van der Waals surface area contributed by atoms with E-state index >= 15 is 0 Å². The molecule has 2 aromatic carbocycles. The zero-order chi connectivity index (χ0) is 21.2. The second-order valence-corrected chi connectivity index (χ2v) is 8.51. The Morgan fingerprint density at radius 1 is 1.23 bits per heavy atom. The quantitative estimate of drug-likeness (QED) is 0.480. The molecule has 4 N–H and O–H groups in total. The van der Waals surface area contributed by atoms with Crippen molar-refractivity contribution in [2.45, 2.75) is 49.7 Å². The minimum absolute atomic E-state index is 0. The number of aliphatic hydroxyl groups excluding tert-OH is 1. The van der Waals surface area contributed by atoms with Crippen LogP contribution in [0.5, 0.6) is 5.75 Å². The monoisotopic (exact) mass is 544 g/mol. The molecular weight excluding hydrogens is 520 g/mol. The van der Waals surface area contributed by atoms with Gasteiger partial charge < -0.3 is 20.9 Å². The lowest BCUT2D eigenvalue weighted by Crippen LogP contribution is -2.53. The first-order valence-electron chi connectivity index (χ1n) is 9.35. The third-order valence-electron chi connectivity index (χ3n) is 5.26. The molecule has 1 aliphatic rings. The first kappa shape index (κ1) is 28.0. The summed E-state index contributed by atoms with van der Waals surface area (Å²) in [4.78, 5) is 0. The van der Waals surface area contributed by atoms with Gasteiger partial charge >= 0.3 is 6.18 Å². The summed E-state index contributed by atoms with van der Waals surface area (Å²) in [5.41, 5.74) is 5.39. The summed E-state index contributed by atoms with van der Waals surface area (Å²) in [5, 5.41) is 13.5. The van der Waals surface area contributed by atoms with Crippen molar-refractivity contribution in [2.24, 2.45) is 5.73 Å². The predicted octanol–water partition coefficient (Wildman–Crippen LogP) is 4.96. The SMILES string of the molecule is CC1(C(F)(F)F)C[C@H](NC[C@@H](O)[C@@H](N)Cc2ccccc2)c2cc(Br)ccc2O1.Cl.Cl. The van der Waals surface area contributed by atoms with Gasteiger partial charge in [-0.05, 0) is 37.1 Å². The number of fused-ring (bicyclic) bond motifs is 1. The van der Waals surface area contributed by atoms with Crippen molar-refractivity contribution in [2.75, 3.05) is 6.54 Å². The minimum Gasteiger partial charge on any atom is -0.478 e. The van der Waals surface area contributed by atoms with Crippen LogP contribution in [0.15, 0.2) is 53.0 Å². The lowest BCUT2D eigenvalue weighted by atomic mass is 9.87. The van der Waals surface area contributed by atoms with Crippen molar-refractivity contribution in [3.05, 3.63) is 64.1 Å². The molecule has 31 heavy (non-hydrogen) atoms. The van der Waals surface area contributed by atoms with E-state index in [0.29, 0.717) is 12.0 Å². The minimum atomic E-state index is -4.53. The van der Waals surface area contributed by atoms with Crippen LogP contribution < -0.4 is 15.8 Å². The molecule has 0 saturated carbocycles. The summed E-state index contributed by atoms with van der Waals surface area (Å²) in [6.07, 6.45) is -5.27. The molecule has 4 atom stereocenters. The number of hydrogen-bond donors (Lipinski definition) is 3. The van der Waals surface area contributed by atoms with Crippen molar-refractivity contribution in [3.8, 4) is 5.75 Å². The van der Waals surface area contributed by atoms with Gasteiger partial charge in [-0.15, -0.1) is 24.8 Å². The van der Waals surface area contributed by atoms with Crippen LogP contribution >= 0.6 is 40.7 Å². The standard InChI is InChI=1S/C21H24BrF3N2O2.2ClH/c1-20(21(23,24)25)11-17(15-10-14(22)7-8-19(15)29-20)27-12-18(28)16(26)9-13-5-3-2-4-6-13;;/h2-8,10,16-18,27-28H,9,11-12,26H2,1H3;2*1H/t16-,17-,18+,20?;;/m0../s1. The summed E-state index contributed by atoms with van der Waals surface area (Å²) < 4.78 is 46.9. The first-order chi connectivity index (χ1) is 13.6. The number of nitrogens with two attached hydrogens (primary N) is 1. The maximum Gasteiger partial charge on any atom is 0.428 e. The topological polar surface area (TPSA) is 67.5 Å². The number of alkyl halides is 3. The third-order valence-corrected chi connectivity index (χ3v) is 5.75. The average Bonchev–Trinajstić information content (AvgIpc) is 2.66. The van der Waals surface area contributed by atoms with Gasteiger partial charge in [-0.3, -0.25) is 0 Å². The summed E-state index contributed by atoms with van der Waals surface area (Å²) >= 11 is 3.35. The summed E-state index contributed by atoms with van der Waals surface area (Å²) in [6.45, 7) is 1.11. The number of nitrogens with one attached hydrogen (secondary N) is 1. The van der Waals surface area contributed by atoms with Crippen LogP contribution in [-0.4, -0.2) is 35.6 Å². The fourth-order valence-electron chi connectivity index (χ4n) is 3.46. The number of halogens is 6. The predicted molar refractivity (Wildman–Crippen MR) is 123 cm³/mol. The summed E-state index contributed by atoms with van der Waals surface area (Å²) in [7, 11) is 0. The van der Waals surface area contributed by atoms with Crippen LogP contribution in [0.2, 0.25) is 0 Å². The van der Waals surface area contributed by atoms with Crippen molar-refractivity contribution in [1.29, 1.82) is 0 Å². The van der Waals surface area contributed by atoms with Crippen LogP contribution in [-0.2, 0) is 6.42 Å². The zero-order valence-corrected chi connectivity index (χ0v) is 20.0. The van der Waals surface area contributed by atoms with E-state index in [1.54, 1.807) is 12.1 Å². The highest BCUT2D eigenvalue weighted by molar-refractivity contribution is 9.10. The van der Waals surface area contributed by atoms with E-state index in [9.17, 15) is 18.3 Å². The van der Waals surface area contributed by atoms with Gasteiger partial charge in [0.05, 0.1) is 6.10 Å². The van der Waals surface area contributed by atoms with Gasteiger partial charge in [-0.1, -0.05) is 46.3 Å². The van der Waals surface area contributed by atoms with Gasteiger partial charge in [0.15, 0.2) is 0 Å². The van der Waals surface area contributed by atoms with E-state index < -0.39 is 30.0 Å². The molecule has 4 nitrogen and oxygen atoms in total. The van der Waals surface area contributed by atoms with Crippen LogP contribution in [0.3, 0.4) is 0 Å². The normalized spacial score (nSPS) is 22.2. The average molecular weight is 546 g/mol. The molecule has 0 bridgehead atoms. The molecule has 0 saturated heterocycles. The molecule has 0 aromatic heterocycles. The van der Waals surface area contributed by atoms with Crippen LogP contribution in [0, 0.1) is 0 Å². The molecule has 1 unspecified atom stereocenters. The highest BCUT2D eigenvalue weighted by Crippen LogP contribution is 2.47. The Balaban J connectivity index is 0.00000240. The Bertz CT molecular complexity index is 845. The third kappa shape index (κ3) is 6.73.